The first-order valence-electron chi connectivity index (χ1n) is 5.58. The minimum absolute atomic E-state index is 0.537. The molecule has 0 spiro atoms. The normalized spacial score (nSPS) is 18.9. The van der Waals surface area contributed by atoms with Crippen molar-refractivity contribution in [2.75, 3.05) is 5.32 Å². The Kier molecular flexibility index (Phi) is 2.13. The van der Waals surface area contributed by atoms with Crippen molar-refractivity contribution in [2.45, 2.75) is 25.9 Å². The average Bonchev–Trinajstić information content (AvgIpc) is 2.73. The van der Waals surface area contributed by atoms with Gasteiger partial charge in [0.05, 0.1) is 5.69 Å². The van der Waals surface area contributed by atoms with E-state index in [1.807, 2.05) is 16.8 Å². The number of hydrogen-bond donors (Lipinski definition) is 1. The van der Waals surface area contributed by atoms with Gasteiger partial charge in [0.1, 0.15) is 5.82 Å². The average molecular weight is 214 g/mol. The van der Waals surface area contributed by atoms with Gasteiger partial charge in [0.25, 0.3) is 0 Å². The third-order valence-corrected chi connectivity index (χ3v) is 2.92. The third-order valence-electron chi connectivity index (χ3n) is 2.92. The van der Waals surface area contributed by atoms with Crippen LogP contribution in [0.4, 0.5) is 5.82 Å². The molecule has 0 fully saturated rings. The van der Waals surface area contributed by atoms with Crippen LogP contribution in [0.2, 0.25) is 0 Å². The summed E-state index contributed by atoms with van der Waals surface area (Å²) in [6.07, 6.45) is 4.72. The van der Waals surface area contributed by atoms with Crippen LogP contribution in [-0.2, 0) is 6.54 Å². The molecule has 1 unspecified atom stereocenters. The van der Waals surface area contributed by atoms with E-state index in [9.17, 15) is 0 Å². The molecule has 0 bridgehead atoms. The van der Waals surface area contributed by atoms with Crippen molar-refractivity contribution in [2.24, 2.45) is 0 Å². The molecule has 0 saturated carbocycles. The van der Waals surface area contributed by atoms with Crippen LogP contribution in [0.1, 0.15) is 13.3 Å². The maximum absolute atomic E-state index is 4.58. The summed E-state index contributed by atoms with van der Waals surface area (Å²) in [5.41, 5.74) is 2.13. The second kappa shape index (κ2) is 3.63. The van der Waals surface area contributed by atoms with E-state index in [2.05, 4.69) is 28.4 Å². The molecular weight excluding hydrogens is 200 g/mol. The maximum Gasteiger partial charge on any atom is 0.125 e. The van der Waals surface area contributed by atoms with Crippen molar-refractivity contribution in [1.82, 2.24) is 14.8 Å². The van der Waals surface area contributed by atoms with E-state index >= 15 is 0 Å². The zero-order valence-electron chi connectivity index (χ0n) is 9.22. The summed E-state index contributed by atoms with van der Waals surface area (Å²) in [5.74, 6) is 1.12. The number of anilines is 1. The third kappa shape index (κ3) is 1.56. The Morgan fingerprint density at radius 1 is 1.38 bits per heavy atom. The molecule has 0 radical (unpaired) electrons. The van der Waals surface area contributed by atoms with E-state index in [0.29, 0.717) is 6.04 Å². The van der Waals surface area contributed by atoms with Crippen molar-refractivity contribution in [3.05, 3.63) is 30.6 Å². The van der Waals surface area contributed by atoms with Crippen molar-refractivity contribution < 1.29 is 0 Å². The summed E-state index contributed by atoms with van der Waals surface area (Å²) in [6, 6.07) is 6.61. The second-order valence-corrected chi connectivity index (χ2v) is 4.21. The molecular formula is C12H14N4. The van der Waals surface area contributed by atoms with Crippen LogP contribution in [0.5, 0.6) is 0 Å². The molecule has 2 aromatic rings. The zero-order valence-corrected chi connectivity index (χ0v) is 9.22. The summed E-state index contributed by atoms with van der Waals surface area (Å²) in [7, 11) is 0. The minimum atomic E-state index is 0.537. The SMILES string of the molecule is CC1CCn2nc(-c3ccncc3)cc2N1. The minimum Gasteiger partial charge on any atom is -0.368 e. The molecule has 4 heteroatoms. The number of hydrogen-bond acceptors (Lipinski definition) is 3. The van der Waals surface area contributed by atoms with Gasteiger partial charge < -0.3 is 5.32 Å². The smallest absolute Gasteiger partial charge is 0.125 e. The van der Waals surface area contributed by atoms with Crippen molar-refractivity contribution >= 4 is 5.82 Å². The van der Waals surface area contributed by atoms with Gasteiger partial charge in [-0.1, -0.05) is 0 Å². The second-order valence-electron chi connectivity index (χ2n) is 4.21. The van der Waals surface area contributed by atoms with Crippen LogP contribution >= 0.6 is 0 Å². The first-order valence-corrected chi connectivity index (χ1v) is 5.58. The molecule has 1 N–H and O–H groups in total. The molecule has 1 aliphatic heterocycles. The summed E-state index contributed by atoms with van der Waals surface area (Å²) in [5, 5.41) is 8.02. The lowest BCUT2D eigenvalue weighted by Gasteiger charge is -2.21. The van der Waals surface area contributed by atoms with Gasteiger partial charge in [0, 0.05) is 36.6 Å². The summed E-state index contributed by atoms with van der Waals surface area (Å²) >= 11 is 0. The molecule has 0 amide bonds. The largest absolute Gasteiger partial charge is 0.368 e. The molecule has 1 atom stereocenters. The van der Waals surface area contributed by atoms with Gasteiger partial charge in [-0.15, -0.1) is 0 Å². The Bertz CT molecular complexity index is 489. The number of nitrogens with one attached hydrogen (secondary N) is 1. The molecule has 4 nitrogen and oxygen atoms in total. The van der Waals surface area contributed by atoms with E-state index < -0.39 is 0 Å². The van der Waals surface area contributed by atoms with Gasteiger partial charge in [-0.05, 0) is 25.5 Å². The standard InChI is InChI=1S/C12H14N4/c1-9-4-7-16-12(14-9)8-11(15-16)10-2-5-13-6-3-10/h2-3,5-6,8-9,14H,4,7H2,1H3. The molecule has 3 rings (SSSR count). The quantitative estimate of drug-likeness (QED) is 0.791. The van der Waals surface area contributed by atoms with Crippen LogP contribution < -0.4 is 5.32 Å². The first kappa shape index (κ1) is 9.39. The van der Waals surface area contributed by atoms with Gasteiger partial charge in [0.2, 0.25) is 0 Å². The highest BCUT2D eigenvalue weighted by Gasteiger charge is 2.16. The first-order chi connectivity index (χ1) is 7.83. The molecule has 2 aromatic heterocycles. The van der Waals surface area contributed by atoms with E-state index in [1.165, 1.54) is 0 Å². The summed E-state index contributed by atoms with van der Waals surface area (Å²) in [4.78, 5) is 4.01. The highest BCUT2D eigenvalue weighted by Crippen LogP contribution is 2.24. The number of rotatable bonds is 1. The predicted octanol–water partition coefficient (Wildman–Crippen LogP) is 2.15. The zero-order chi connectivity index (χ0) is 11.0. The molecule has 0 aliphatic carbocycles. The number of aromatic nitrogens is 3. The van der Waals surface area contributed by atoms with Crippen LogP contribution in [0.25, 0.3) is 11.3 Å². The Morgan fingerprint density at radius 3 is 3.00 bits per heavy atom. The van der Waals surface area contributed by atoms with Gasteiger partial charge in [-0.3, -0.25) is 4.98 Å². The van der Waals surface area contributed by atoms with E-state index in [0.717, 1.165) is 30.0 Å². The van der Waals surface area contributed by atoms with Gasteiger partial charge in [-0.2, -0.15) is 5.10 Å². The number of nitrogens with zero attached hydrogens (tertiary/aromatic N) is 3. The number of fused-ring (bicyclic) bond motifs is 1. The molecule has 1 aliphatic rings. The lowest BCUT2D eigenvalue weighted by atomic mass is 10.2. The van der Waals surface area contributed by atoms with Crippen LogP contribution in [0.15, 0.2) is 30.6 Å². The predicted molar refractivity (Wildman–Crippen MR) is 63.2 cm³/mol. The Morgan fingerprint density at radius 2 is 2.19 bits per heavy atom. The monoisotopic (exact) mass is 214 g/mol. The highest BCUT2D eigenvalue weighted by atomic mass is 15.3. The fourth-order valence-electron chi connectivity index (χ4n) is 2.01. The van der Waals surface area contributed by atoms with Gasteiger partial charge in [-0.25, -0.2) is 4.68 Å². The Labute approximate surface area is 94.3 Å². The fraction of sp³-hybridized carbons (Fsp3) is 0.333. The van der Waals surface area contributed by atoms with Gasteiger partial charge in [0.15, 0.2) is 0 Å². The van der Waals surface area contributed by atoms with Crippen molar-refractivity contribution in [3.63, 3.8) is 0 Å². The lowest BCUT2D eigenvalue weighted by Crippen LogP contribution is -2.25. The van der Waals surface area contributed by atoms with Crippen molar-refractivity contribution in [1.29, 1.82) is 0 Å². The lowest BCUT2D eigenvalue weighted by molar-refractivity contribution is 0.513. The van der Waals surface area contributed by atoms with Crippen LogP contribution in [0, 0.1) is 0 Å². The molecule has 3 heterocycles. The molecule has 82 valence electrons. The number of pyridine rings is 1. The van der Waals surface area contributed by atoms with Gasteiger partial charge >= 0.3 is 0 Å². The topological polar surface area (TPSA) is 42.7 Å². The highest BCUT2D eigenvalue weighted by molar-refractivity contribution is 5.62. The number of aryl methyl sites for hydroxylation is 1. The summed E-state index contributed by atoms with van der Waals surface area (Å²) in [6.45, 7) is 3.19. The summed E-state index contributed by atoms with van der Waals surface area (Å²) < 4.78 is 2.04. The van der Waals surface area contributed by atoms with E-state index in [-0.39, 0.29) is 0 Å². The fourth-order valence-corrected chi connectivity index (χ4v) is 2.01. The van der Waals surface area contributed by atoms with Crippen molar-refractivity contribution in [3.8, 4) is 11.3 Å². The van der Waals surface area contributed by atoms with E-state index in [1.54, 1.807) is 12.4 Å². The Balaban J connectivity index is 1.99. The van der Waals surface area contributed by atoms with E-state index in [4.69, 9.17) is 0 Å². The maximum atomic E-state index is 4.58. The molecule has 0 saturated heterocycles. The van der Waals surface area contributed by atoms with Crippen LogP contribution in [-0.4, -0.2) is 20.8 Å². The molecule has 0 aromatic carbocycles. The molecule has 16 heavy (non-hydrogen) atoms. The van der Waals surface area contributed by atoms with Crippen LogP contribution in [0.3, 0.4) is 0 Å². The Hall–Kier alpha value is -1.84.